The van der Waals surface area contributed by atoms with Gasteiger partial charge in [-0.1, -0.05) is 0 Å². The van der Waals surface area contributed by atoms with Gasteiger partial charge < -0.3 is 43.4 Å². The van der Waals surface area contributed by atoms with Crippen molar-refractivity contribution in [3.05, 3.63) is 0 Å². The van der Waals surface area contributed by atoms with Crippen LogP contribution in [0.15, 0.2) is 4.99 Å². The van der Waals surface area contributed by atoms with Crippen molar-refractivity contribution in [3.8, 4) is 0 Å². The topological polar surface area (TPSA) is 252 Å². The van der Waals surface area contributed by atoms with E-state index < -0.39 is 53.8 Å². The highest BCUT2D eigenvalue weighted by Gasteiger charge is 2.29. The second kappa shape index (κ2) is 17.7. The molecule has 0 saturated carbocycles. The lowest BCUT2D eigenvalue weighted by atomic mass is 10.1. The number of rotatable bonds is 18. The van der Waals surface area contributed by atoms with Crippen LogP contribution in [0, 0.1) is 0 Å². The molecule has 0 radical (unpaired) electrons. The first-order chi connectivity index (χ1) is 16.4. The maximum atomic E-state index is 12.9. The summed E-state index contributed by atoms with van der Waals surface area (Å²) in [6.07, 6.45) is 1.87. The fourth-order valence-corrected chi connectivity index (χ4v) is 3.42. The van der Waals surface area contributed by atoms with Crippen LogP contribution in [0.25, 0.3) is 0 Å². The van der Waals surface area contributed by atoms with Crippen molar-refractivity contribution in [1.29, 1.82) is 0 Å². The number of carboxylic acid groups (broad SMARTS) is 2. The van der Waals surface area contributed by atoms with E-state index in [1.807, 2.05) is 0 Å². The first-order valence-corrected chi connectivity index (χ1v) is 12.7. The van der Waals surface area contributed by atoms with Crippen LogP contribution in [0.4, 0.5) is 0 Å². The monoisotopic (exact) mass is 537 g/mol. The molecule has 4 unspecified atom stereocenters. The van der Waals surface area contributed by atoms with Gasteiger partial charge in [-0.15, -0.1) is 0 Å². The van der Waals surface area contributed by atoms with Crippen LogP contribution in [-0.4, -0.2) is 94.3 Å². The Morgan fingerprint density at radius 1 is 0.914 bits per heavy atom. The normalized spacial score (nSPS) is 14.0. The van der Waals surface area contributed by atoms with Gasteiger partial charge in [-0.25, -0.2) is 4.79 Å². The third-order valence-corrected chi connectivity index (χ3v) is 5.63. The van der Waals surface area contributed by atoms with Crippen LogP contribution < -0.4 is 33.2 Å². The van der Waals surface area contributed by atoms with Gasteiger partial charge in [-0.2, -0.15) is 24.4 Å². The Morgan fingerprint density at radius 3 is 2.00 bits per heavy atom. The summed E-state index contributed by atoms with van der Waals surface area (Å²) in [5.74, 6) is -4.35. The number of nitrogens with one attached hydrogen (secondary N) is 3. The van der Waals surface area contributed by atoms with Gasteiger partial charge in [0.05, 0.1) is 6.04 Å². The minimum Gasteiger partial charge on any atom is -0.481 e. The number of nitrogens with two attached hydrogens (primary N) is 3. The lowest BCUT2D eigenvalue weighted by Gasteiger charge is -2.24. The number of aliphatic imine (C=N–C) groups is 1. The van der Waals surface area contributed by atoms with E-state index in [1.54, 1.807) is 6.26 Å². The number of hydrogen-bond acceptors (Lipinski definition) is 9. The minimum atomic E-state index is -1.21. The second-order valence-corrected chi connectivity index (χ2v) is 8.82. The summed E-state index contributed by atoms with van der Waals surface area (Å²) in [5, 5.41) is 25.3. The maximum absolute atomic E-state index is 12.9. The molecule has 0 aromatic heterocycles. The molecular formula is C19H35N7O7S2. The quantitative estimate of drug-likeness (QED) is 0.0381. The smallest absolute Gasteiger partial charge is 0.326 e. The number of hydrogen-bond donors (Lipinski definition) is 9. The molecule has 0 aliphatic carbocycles. The molecule has 0 heterocycles. The highest BCUT2D eigenvalue weighted by Crippen LogP contribution is 2.05. The third-order valence-electron chi connectivity index (χ3n) is 4.63. The Kier molecular flexibility index (Phi) is 16.3. The zero-order valence-corrected chi connectivity index (χ0v) is 21.1. The summed E-state index contributed by atoms with van der Waals surface area (Å²) >= 11 is 5.48. The van der Waals surface area contributed by atoms with Gasteiger partial charge in [0.25, 0.3) is 0 Å². The molecular weight excluding hydrogens is 502 g/mol. The largest absolute Gasteiger partial charge is 0.481 e. The van der Waals surface area contributed by atoms with E-state index in [-0.39, 0.29) is 50.4 Å². The van der Waals surface area contributed by atoms with E-state index >= 15 is 0 Å². The highest BCUT2D eigenvalue weighted by atomic mass is 32.2. The molecule has 0 aliphatic heterocycles. The molecule has 11 N–H and O–H groups in total. The van der Waals surface area contributed by atoms with Crippen LogP contribution in [0.5, 0.6) is 0 Å². The summed E-state index contributed by atoms with van der Waals surface area (Å²) in [6, 6.07) is -4.64. The molecule has 0 bridgehead atoms. The predicted molar refractivity (Wildman–Crippen MR) is 135 cm³/mol. The van der Waals surface area contributed by atoms with E-state index in [0.29, 0.717) is 5.75 Å². The Bertz CT molecular complexity index is 766. The lowest BCUT2D eigenvalue weighted by molar-refractivity contribution is -0.142. The Hall–Kier alpha value is -2.72. The fraction of sp³-hybridized carbons (Fsp3) is 0.684. The van der Waals surface area contributed by atoms with Crippen molar-refractivity contribution >= 4 is 60.0 Å². The molecule has 3 amide bonds. The van der Waals surface area contributed by atoms with Crippen LogP contribution in [0.2, 0.25) is 0 Å². The van der Waals surface area contributed by atoms with Crippen molar-refractivity contribution in [3.63, 3.8) is 0 Å². The van der Waals surface area contributed by atoms with Gasteiger partial charge in [-0.05, 0) is 37.7 Å². The average Bonchev–Trinajstić information content (AvgIpc) is 2.79. The Labute approximate surface area is 213 Å². The molecule has 0 fully saturated rings. The zero-order chi connectivity index (χ0) is 27.0. The molecule has 200 valence electrons. The van der Waals surface area contributed by atoms with E-state index in [1.165, 1.54) is 11.8 Å². The van der Waals surface area contributed by atoms with Crippen LogP contribution in [0.3, 0.4) is 0 Å². The molecule has 0 spiro atoms. The van der Waals surface area contributed by atoms with Gasteiger partial charge >= 0.3 is 11.9 Å². The summed E-state index contributed by atoms with van der Waals surface area (Å²) in [4.78, 5) is 63.8. The van der Waals surface area contributed by atoms with Gasteiger partial charge in [-0.3, -0.25) is 24.2 Å². The number of thioether (sulfide) groups is 1. The van der Waals surface area contributed by atoms with E-state index in [9.17, 15) is 29.1 Å². The number of guanidine groups is 1. The van der Waals surface area contributed by atoms with Crippen LogP contribution in [0.1, 0.15) is 32.1 Å². The molecule has 14 nitrogen and oxygen atoms in total. The summed E-state index contributed by atoms with van der Waals surface area (Å²) in [7, 11) is 0. The molecule has 0 aromatic rings. The molecule has 16 heteroatoms. The lowest BCUT2D eigenvalue weighted by Crippen LogP contribution is -2.57. The predicted octanol–water partition coefficient (Wildman–Crippen LogP) is -2.55. The van der Waals surface area contributed by atoms with Gasteiger partial charge in [0.1, 0.15) is 18.1 Å². The van der Waals surface area contributed by atoms with Crippen molar-refractivity contribution < 1.29 is 34.2 Å². The van der Waals surface area contributed by atoms with Gasteiger partial charge in [0.15, 0.2) is 5.96 Å². The average molecular weight is 538 g/mol. The molecule has 35 heavy (non-hydrogen) atoms. The molecule has 0 saturated heterocycles. The number of carbonyl (C=O) groups is 5. The van der Waals surface area contributed by atoms with E-state index in [4.69, 9.17) is 22.3 Å². The number of carbonyl (C=O) groups excluding carboxylic acids is 3. The first-order valence-electron chi connectivity index (χ1n) is 10.7. The fourth-order valence-electron chi connectivity index (χ4n) is 2.69. The summed E-state index contributed by atoms with van der Waals surface area (Å²) < 4.78 is 0. The zero-order valence-electron chi connectivity index (χ0n) is 19.4. The number of carboxylic acids is 2. The molecule has 0 aliphatic rings. The van der Waals surface area contributed by atoms with E-state index in [2.05, 4.69) is 33.6 Å². The maximum Gasteiger partial charge on any atom is 0.326 e. The van der Waals surface area contributed by atoms with Crippen LogP contribution >= 0.6 is 24.4 Å². The third kappa shape index (κ3) is 14.3. The van der Waals surface area contributed by atoms with E-state index in [0.717, 1.165) is 0 Å². The summed E-state index contributed by atoms with van der Waals surface area (Å²) in [6.45, 7) is 0.166. The van der Waals surface area contributed by atoms with Gasteiger partial charge in [0, 0.05) is 18.7 Å². The number of aliphatic carboxylic acids is 2. The Balaban J connectivity index is 5.33. The number of amides is 3. The molecule has 4 atom stereocenters. The number of thiol groups is 1. The van der Waals surface area contributed by atoms with Crippen molar-refractivity contribution in [1.82, 2.24) is 16.0 Å². The SMILES string of the molecule is CSCCC(NC(=O)C(CS)NC(=O)C(CCCN=C(N)N)NC(=O)C(N)CCC(=O)O)C(=O)O. The standard InChI is InChI=1S/C19H35N7O7S2/c1-35-8-6-12(18(32)33)25-17(31)13(9-34)26-16(30)11(3-2-7-23-19(21)22)24-15(29)10(20)4-5-14(27)28/h10-13,34H,2-9,20H2,1H3,(H,24,29)(H,25,31)(H,26,30)(H,27,28)(H,32,33)(H4,21,22,23). The van der Waals surface area contributed by atoms with Crippen molar-refractivity contribution in [2.75, 3.05) is 24.3 Å². The van der Waals surface area contributed by atoms with Crippen LogP contribution in [-0.2, 0) is 24.0 Å². The second-order valence-electron chi connectivity index (χ2n) is 7.47. The van der Waals surface area contributed by atoms with Crippen molar-refractivity contribution in [2.24, 2.45) is 22.2 Å². The van der Waals surface area contributed by atoms with Crippen molar-refractivity contribution in [2.45, 2.75) is 56.3 Å². The highest BCUT2D eigenvalue weighted by molar-refractivity contribution is 7.98. The van der Waals surface area contributed by atoms with Gasteiger partial charge in [0.2, 0.25) is 17.7 Å². The Morgan fingerprint density at radius 2 is 1.49 bits per heavy atom. The summed E-state index contributed by atoms with van der Waals surface area (Å²) in [5.41, 5.74) is 16.3. The number of nitrogens with zero attached hydrogens (tertiary/aromatic N) is 1. The molecule has 0 rings (SSSR count). The first kappa shape index (κ1) is 32.3. The minimum absolute atomic E-state index is 0.0758. The molecule has 0 aromatic carbocycles.